The van der Waals surface area contributed by atoms with Gasteiger partial charge in [0.15, 0.2) is 0 Å². The van der Waals surface area contributed by atoms with Gasteiger partial charge in [0.1, 0.15) is 0 Å². The third-order valence-corrected chi connectivity index (χ3v) is 5.04. The van der Waals surface area contributed by atoms with E-state index in [1.165, 1.54) is 39.0 Å². The number of amides is 1. The third-order valence-electron chi connectivity index (χ3n) is 5.04. The van der Waals surface area contributed by atoms with Gasteiger partial charge < -0.3 is 10.3 Å². The van der Waals surface area contributed by atoms with Gasteiger partial charge in [0.05, 0.1) is 0 Å². The molecule has 0 spiro atoms. The van der Waals surface area contributed by atoms with Crippen LogP contribution >= 0.6 is 0 Å². The summed E-state index contributed by atoms with van der Waals surface area (Å²) in [7, 11) is 0. The molecule has 0 unspecified atom stereocenters. The standard InChI is InChI=1S/C24H23N3O2/c28-23(27-29)13-12-17-8-10-18(11-9-17)16-25-15-14-19-4-3-6-21-20-5-1-2-7-22(20)26-24(19)21/h1-13,25-26,29H,14-16H2,(H,27,28)/b13-12+. The van der Waals surface area contributed by atoms with Crippen LogP contribution in [0.25, 0.3) is 27.9 Å². The molecule has 1 aromatic heterocycles. The van der Waals surface area contributed by atoms with E-state index in [1.54, 1.807) is 11.6 Å². The number of fused-ring (bicyclic) bond motifs is 3. The molecule has 1 heterocycles. The lowest BCUT2D eigenvalue weighted by Crippen LogP contribution is -2.16. The maximum Gasteiger partial charge on any atom is 0.267 e. The van der Waals surface area contributed by atoms with Crippen molar-refractivity contribution in [3.8, 4) is 0 Å². The Kier molecular flexibility index (Phi) is 5.70. The fraction of sp³-hybridized carbons (Fsp3) is 0.125. The Morgan fingerprint density at radius 2 is 1.76 bits per heavy atom. The van der Waals surface area contributed by atoms with Crippen molar-refractivity contribution in [2.45, 2.75) is 13.0 Å². The summed E-state index contributed by atoms with van der Waals surface area (Å²) in [5.74, 6) is -0.541. The predicted molar refractivity (Wildman–Crippen MR) is 117 cm³/mol. The van der Waals surface area contributed by atoms with Crippen molar-refractivity contribution in [2.24, 2.45) is 0 Å². The minimum atomic E-state index is -0.541. The Balaban J connectivity index is 1.35. The largest absolute Gasteiger partial charge is 0.354 e. The van der Waals surface area contributed by atoms with Crippen molar-refractivity contribution in [3.63, 3.8) is 0 Å². The average Bonchev–Trinajstić information content (AvgIpc) is 3.15. The van der Waals surface area contributed by atoms with Gasteiger partial charge in [-0.25, -0.2) is 5.48 Å². The number of rotatable bonds is 7. The number of carbonyl (C=O) groups excluding carboxylic acids is 1. The second-order valence-corrected chi connectivity index (χ2v) is 6.99. The first kappa shape index (κ1) is 18.9. The molecule has 0 bridgehead atoms. The molecule has 4 aromatic rings. The highest BCUT2D eigenvalue weighted by Gasteiger charge is 2.07. The van der Waals surface area contributed by atoms with E-state index in [-0.39, 0.29) is 0 Å². The smallest absolute Gasteiger partial charge is 0.267 e. The summed E-state index contributed by atoms with van der Waals surface area (Å²) in [5.41, 5.74) is 7.37. The van der Waals surface area contributed by atoms with Crippen LogP contribution in [-0.2, 0) is 17.8 Å². The molecule has 0 fully saturated rings. The number of carbonyl (C=O) groups is 1. The first-order valence-corrected chi connectivity index (χ1v) is 9.65. The maximum absolute atomic E-state index is 11.0. The van der Waals surface area contributed by atoms with E-state index in [0.29, 0.717) is 0 Å². The summed E-state index contributed by atoms with van der Waals surface area (Å²) in [6.45, 7) is 1.66. The summed E-state index contributed by atoms with van der Waals surface area (Å²) in [4.78, 5) is 14.6. The normalized spacial score (nSPS) is 11.5. The van der Waals surface area contributed by atoms with Crippen LogP contribution in [0.1, 0.15) is 16.7 Å². The molecule has 0 aliphatic carbocycles. The second-order valence-electron chi connectivity index (χ2n) is 6.99. The Morgan fingerprint density at radius 1 is 0.966 bits per heavy atom. The van der Waals surface area contributed by atoms with E-state index in [0.717, 1.165) is 25.1 Å². The van der Waals surface area contributed by atoms with Crippen LogP contribution in [0.4, 0.5) is 0 Å². The van der Waals surface area contributed by atoms with Crippen molar-refractivity contribution in [1.82, 2.24) is 15.8 Å². The van der Waals surface area contributed by atoms with Crippen molar-refractivity contribution in [2.75, 3.05) is 6.54 Å². The molecular weight excluding hydrogens is 362 g/mol. The van der Waals surface area contributed by atoms with Crippen LogP contribution in [0, 0.1) is 0 Å². The Labute approximate surface area is 169 Å². The average molecular weight is 385 g/mol. The van der Waals surface area contributed by atoms with E-state index >= 15 is 0 Å². The lowest BCUT2D eigenvalue weighted by atomic mass is 10.1. The summed E-state index contributed by atoms with van der Waals surface area (Å²) < 4.78 is 0. The van der Waals surface area contributed by atoms with Gasteiger partial charge in [0, 0.05) is 34.4 Å². The molecule has 0 saturated heterocycles. The molecule has 0 radical (unpaired) electrons. The zero-order valence-corrected chi connectivity index (χ0v) is 16.0. The van der Waals surface area contributed by atoms with E-state index in [4.69, 9.17) is 5.21 Å². The number of hydrogen-bond donors (Lipinski definition) is 4. The number of aromatic nitrogens is 1. The van der Waals surface area contributed by atoms with Gasteiger partial charge in [-0.1, -0.05) is 60.7 Å². The highest BCUT2D eigenvalue weighted by molar-refractivity contribution is 6.08. The molecule has 5 heteroatoms. The summed E-state index contributed by atoms with van der Waals surface area (Å²) in [5, 5.41) is 14.5. The molecule has 1 amide bonds. The van der Waals surface area contributed by atoms with Gasteiger partial charge in [-0.05, 0) is 41.8 Å². The molecule has 29 heavy (non-hydrogen) atoms. The van der Waals surface area contributed by atoms with Crippen molar-refractivity contribution >= 4 is 33.8 Å². The molecule has 3 aromatic carbocycles. The van der Waals surface area contributed by atoms with Crippen LogP contribution in [0.5, 0.6) is 0 Å². The van der Waals surface area contributed by atoms with Gasteiger partial charge in [-0.3, -0.25) is 10.0 Å². The van der Waals surface area contributed by atoms with Crippen molar-refractivity contribution < 1.29 is 10.0 Å². The fourth-order valence-electron chi connectivity index (χ4n) is 3.55. The quantitative estimate of drug-likeness (QED) is 0.167. The molecule has 146 valence electrons. The molecule has 4 N–H and O–H groups in total. The van der Waals surface area contributed by atoms with E-state index in [1.807, 2.05) is 24.3 Å². The molecular formula is C24H23N3O2. The number of hydrogen-bond acceptors (Lipinski definition) is 3. The zero-order valence-electron chi connectivity index (χ0n) is 16.0. The van der Waals surface area contributed by atoms with Gasteiger partial charge >= 0.3 is 0 Å². The molecule has 0 atom stereocenters. The molecule has 0 aliphatic heterocycles. The Morgan fingerprint density at radius 3 is 2.59 bits per heavy atom. The summed E-state index contributed by atoms with van der Waals surface area (Å²) in [6.07, 6.45) is 3.89. The molecule has 5 nitrogen and oxygen atoms in total. The summed E-state index contributed by atoms with van der Waals surface area (Å²) in [6, 6.07) is 22.8. The van der Waals surface area contributed by atoms with Crippen LogP contribution in [0.3, 0.4) is 0 Å². The first-order valence-electron chi connectivity index (χ1n) is 9.65. The minimum Gasteiger partial charge on any atom is -0.354 e. The van der Waals surface area contributed by atoms with Crippen LogP contribution in [0.2, 0.25) is 0 Å². The lowest BCUT2D eigenvalue weighted by Gasteiger charge is -2.07. The molecule has 4 rings (SSSR count). The zero-order chi connectivity index (χ0) is 20.1. The van der Waals surface area contributed by atoms with Gasteiger partial charge in [0.25, 0.3) is 5.91 Å². The Bertz CT molecular complexity index is 1160. The van der Waals surface area contributed by atoms with E-state index in [2.05, 4.69) is 52.8 Å². The third kappa shape index (κ3) is 4.37. The number of aromatic amines is 1. The van der Waals surface area contributed by atoms with Crippen LogP contribution < -0.4 is 10.8 Å². The van der Waals surface area contributed by atoms with E-state index < -0.39 is 5.91 Å². The lowest BCUT2D eigenvalue weighted by molar-refractivity contribution is -0.124. The van der Waals surface area contributed by atoms with Gasteiger partial charge in [-0.2, -0.15) is 0 Å². The first-order chi connectivity index (χ1) is 14.2. The van der Waals surface area contributed by atoms with Gasteiger partial charge in [-0.15, -0.1) is 0 Å². The molecule has 0 aliphatic rings. The topological polar surface area (TPSA) is 77.2 Å². The monoisotopic (exact) mass is 385 g/mol. The predicted octanol–water partition coefficient (Wildman–Crippen LogP) is 4.17. The molecule has 0 saturated carbocycles. The maximum atomic E-state index is 11.0. The number of hydroxylamine groups is 1. The highest BCUT2D eigenvalue weighted by Crippen LogP contribution is 2.27. The SMILES string of the molecule is O=C(/C=C/c1ccc(CNCCc2cccc3c2[nH]c2ccccc23)cc1)NO. The van der Waals surface area contributed by atoms with Crippen molar-refractivity contribution in [1.29, 1.82) is 0 Å². The number of benzene rings is 3. The van der Waals surface area contributed by atoms with Gasteiger partial charge in [0.2, 0.25) is 0 Å². The van der Waals surface area contributed by atoms with Crippen molar-refractivity contribution in [3.05, 3.63) is 89.5 Å². The number of H-pyrrole nitrogens is 1. The number of para-hydroxylation sites is 2. The highest BCUT2D eigenvalue weighted by atomic mass is 16.5. The fourth-order valence-corrected chi connectivity index (χ4v) is 3.55. The number of nitrogens with one attached hydrogen (secondary N) is 3. The summed E-state index contributed by atoms with van der Waals surface area (Å²) >= 11 is 0. The van der Waals surface area contributed by atoms with Crippen LogP contribution in [-0.4, -0.2) is 22.6 Å². The minimum absolute atomic E-state index is 0.541. The second kappa shape index (κ2) is 8.73. The van der Waals surface area contributed by atoms with E-state index in [9.17, 15) is 4.79 Å². The van der Waals surface area contributed by atoms with Crippen LogP contribution in [0.15, 0.2) is 72.8 Å². The Hall–Kier alpha value is -3.41.